The van der Waals surface area contributed by atoms with Gasteiger partial charge in [0, 0.05) is 5.69 Å². The summed E-state index contributed by atoms with van der Waals surface area (Å²) in [6.07, 6.45) is 0.116. The Balaban J connectivity index is 1.69. The van der Waals surface area contributed by atoms with Crippen molar-refractivity contribution in [3.63, 3.8) is 0 Å². The molecule has 0 saturated carbocycles. The molecule has 0 heterocycles. The molecule has 0 fully saturated rings. The number of aryl methyl sites for hydroxylation is 2. The molecular weight excluding hydrogens is 443 g/mol. The molecule has 156 valence electrons. The lowest BCUT2D eigenvalue weighted by molar-refractivity contribution is -0.115. The summed E-state index contributed by atoms with van der Waals surface area (Å²) in [6, 6.07) is 16.6. The molecule has 0 aliphatic heterocycles. The first-order chi connectivity index (χ1) is 14.2. The number of amides is 1. The van der Waals surface area contributed by atoms with E-state index in [0.717, 1.165) is 16.7 Å². The van der Waals surface area contributed by atoms with Crippen LogP contribution in [0.3, 0.4) is 0 Å². The second-order valence-electron chi connectivity index (χ2n) is 6.87. The Labute approximate surface area is 186 Å². The zero-order valence-corrected chi connectivity index (χ0v) is 18.7. The summed E-state index contributed by atoms with van der Waals surface area (Å²) in [5.74, 6) is -0.252. The molecule has 3 aromatic carbocycles. The van der Waals surface area contributed by atoms with Crippen molar-refractivity contribution in [1.82, 2.24) is 0 Å². The van der Waals surface area contributed by atoms with Gasteiger partial charge in [0.2, 0.25) is 5.91 Å². The van der Waals surface area contributed by atoms with E-state index >= 15 is 0 Å². The maximum absolute atomic E-state index is 12.7. The summed E-state index contributed by atoms with van der Waals surface area (Å²) in [4.78, 5) is 12.4. The number of nitrogens with one attached hydrogen (secondary N) is 2. The highest BCUT2D eigenvalue weighted by molar-refractivity contribution is 7.92. The van der Waals surface area contributed by atoms with E-state index in [-0.39, 0.29) is 17.2 Å². The number of carbonyl (C=O) groups excluding carboxylic acids is 1. The highest BCUT2D eigenvalue weighted by atomic mass is 35.5. The van der Waals surface area contributed by atoms with Gasteiger partial charge in [0.25, 0.3) is 10.0 Å². The molecule has 5 nitrogen and oxygen atoms in total. The van der Waals surface area contributed by atoms with Gasteiger partial charge in [-0.1, -0.05) is 47.5 Å². The van der Waals surface area contributed by atoms with Crippen molar-refractivity contribution in [3.05, 3.63) is 87.4 Å². The standard InChI is InChI=1S/C22H20Cl2N2O3S/c1-14-4-3-5-15(2)22(14)26-30(28,29)18-9-7-17(8-10-18)25-21(27)13-16-6-11-19(23)20(24)12-16/h3-12,26H,13H2,1-2H3,(H,25,27). The molecule has 0 saturated heterocycles. The third-order valence-electron chi connectivity index (χ3n) is 4.51. The van der Waals surface area contributed by atoms with Gasteiger partial charge in [0.1, 0.15) is 0 Å². The number of benzene rings is 3. The maximum Gasteiger partial charge on any atom is 0.261 e. The van der Waals surface area contributed by atoms with Gasteiger partial charge < -0.3 is 5.32 Å². The van der Waals surface area contributed by atoms with Crippen LogP contribution in [0.25, 0.3) is 0 Å². The number of halogens is 2. The van der Waals surface area contributed by atoms with Gasteiger partial charge in [0.05, 0.1) is 27.0 Å². The van der Waals surface area contributed by atoms with E-state index in [4.69, 9.17) is 23.2 Å². The summed E-state index contributed by atoms with van der Waals surface area (Å²) in [5, 5.41) is 3.55. The second-order valence-corrected chi connectivity index (χ2v) is 9.37. The smallest absolute Gasteiger partial charge is 0.261 e. The fourth-order valence-electron chi connectivity index (χ4n) is 2.93. The lowest BCUT2D eigenvalue weighted by Crippen LogP contribution is -2.16. The number of para-hydroxylation sites is 1. The summed E-state index contributed by atoms with van der Waals surface area (Å²) >= 11 is 11.8. The maximum atomic E-state index is 12.7. The van der Waals surface area contributed by atoms with Crippen molar-refractivity contribution >= 4 is 50.5 Å². The molecule has 1 amide bonds. The van der Waals surface area contributed by atoms with E-state index < -0.39 is 10.0 Å². The zero-order valence-electron chi connectivity index (χ0n) is 16.4. The van der Waals surface area contributed by atoms with Gasteiger partial charge in [-0.25, -0.2) is 8.42 Å². The molecule has 0 radical (unpaired) electrons. The van der Waals surface area contributed by atoms with Crippen LogP contribution in [0.1, 0.15) is 16.7 Å². The van der Waals surface area contributed by atoms with Gasteiger partial charge in [-0.15, -0.1) is 0 Å². The van der Waals surface area contributed by atoms with Gasteiger partial charge in [0.15, 0.2) is 0 Å². The van der Waals surface area contributed by atoms with Crippen molar-refractivity contribution in [1.29, 1.82) is 0 Å². The molecule has 8 heteroatoms. The van der Waals surface area contributed by atoms with E-state index in [9.17, 15) is 13.2 Å². The van der Waals surface area contributed by atoms with E-state index in [1.807, 2.05) is 32.0 Å². The van der Waals surface area contributed by atoms with E-state index in [1.165, 1.54) is 12.1 Å². The number of sulfonamides is 1. The molecule has 0 atom stereocenters. The van der Waals surface area contributed by atoms with Gasteiger partial charge in [-0.3, -0.25) is 9.52 Å². The summed E-state index contributed by atoms with van der Waals surface area (Å²) in [6.45, 7) is 3.69. The van der Waals surface area contributed by atoms with Crippen molar-refractivity contribution in [2.45, 2.75) is 25.2 Å². The van der Waals surface area contributed by atoms with E-state index in [2.05, 4.69) is 10.0 Å². The average molecular weight is 463 g/mol. The van der Waals surface area contributed by atoms with Crippen molar-refractivity contribution < 1.29 is 13.2 Å². The van der Waals surface area contributed by atoms with Crippen molar-refractivity contribution in [3.8, 4) is 0 Å². The lowest BCUT2D eigenvalue weighted by Gasteiger charge is -2.13. The Kier molecular flexibility index (Phi) is 6.71. The van der Waals surface area contributed by atoms with Crippen LogP contribution in [-0.4, -0.2) is 14.3 Å². The first kappa shape index (κ1) is 22.2. The Morgan fingerprint density at radius 1 is 0.900 bits per heavy atom. The Bertz CT molecular complexity index is 1170. The third kappa shape index (κ3) is 5.33. The van der Waals surface area contributed by atoms with Crippen LogP contribution < -0.4 is 10.0 Å². The molecule has 2 N–H and O–H groups in total. The van der Waals surface area contributed by atoms with Crippen molar-refractivity contribution in [2.24, 2.45) is 0 Å². The highest BCUT2D eigenvalue weighted by Gasteiger charge is 2.16. The summed E-state index contributed by atoms with van der Waals surface area (Å²) in [5.41, 5.74) is 3.45. The predicted molar refractivity (Wildman–Crippen MR) is 122 cm³/mol. The molecule has 0 aliphatic carbocycles. The minimum absolute atomic E-state index is 0.104. The van der Waals surface area contributed by atoms with Gasteiger partial charge in [-0.05, 0) is 66.9 Å². The monoisotopic (exact) mass is 462 g/mol. The number of carbonyl (C=O) groups is 1. The molecular formula is C22H20Cl2N2O3S. The molecule has 0 unspecified atom stereocenters. The Hall–Kier alpha value is -2.54. The largest absolute Gasteiger partial charge is 0.326 e. The molecule has 0 spiro atoms. The van der Waals surface area contributed by atoms with Gasteiger partial charge in [-0.2, -0.15) is 0 Å². The zero-order chi connectivity index (χ0) is 21.9. The molecule has 0 aromatic heterocycles. The minimum atomic E-state index is -3.75. The van der Waals surface area contributed by atoms with E-state index in [0.29, 0.717) is 21.4 Å². The third-order valence-corrected chi connectivity index (χ3v) is 6.62. The van der Waals surface area contributed by atoms with Gasteiger partial charge >= 0.3 is 0 Å². The van der Waals surface area contributed by atoms with Crippen LogP contribution in [0, 0.1) is 13.8 Å². The van der Waals surface area contributed by atoms with Crippen LogP contribution in [-0.2, 0) is 21.2 Å². The number of anilines is 2. The number of hydrogen-bond acceptors (Lipinski definition) is 3. The summed E-state index contributed by atoms with van der Waals surface area (Å²) in [7, 11) is -3.75. The van der Waals surface area contributed by atoms with Crippen molar-refractivity contribution in [2.75, 3.05) is 10.0 Å². The summed E-state index contributed by atoms with van der Waals surface area (Å²) < 4.78 is 28.1. The quantitative estimate of drug-likeness (QED) is 0.500. The second kappa shape index (κ2) is 9.08. The minimum Gasteiger partial charge on any atom is -0.326 e. The lowest BCUT2D eigenvalue weighted by atomic mass is 10.1. The normalized spacial score (nSPS) is 11.2. The fourth-order valence-corrected chi connectivity index (χ4v) is 4.45. The Morgan fingerprint density at radius 3 is 2.13 bits per heavy atom. The van der Waals surface area contributed by atoms with Crippen LogP contribution in [0.4, 0.5) is 11.4 Å². The average Bonchev–Trinajstić information content (AvgIpc) is 2.68. The Morgan fingerprint density at radius 2 is 1.53 bits per heavy atom. The van der Waals surface area contributed by atoms with E-state index in [1.54, 1.807) is 30.3 Å². The first-order valence-corrected chi connectivity index (χ1v) is 11.3. The molecule has 0 aliphatic rings. The molecule has 3 rings (SSSR count). The fraction of sp³-hybridized carbons (Fsp3) is 0.136. The van der Waals surface area contributed by atoms with Crippen LogP contribution in [0.15, 0.2) is 65.6 Å². The number of rotatable bonds is 6. The number of hydrogen-bond donors (Lipinski definition) is 2. The highest BCUT2D eigenvalue weighted by Crippen LogP contribution is 2.25. The molecule has 0 bridgehead atoms. The molecule has 30 heavy (non-hydrogen) atoms. The first-order valence-electron chi connectivity index (χ1n) is 9.08. The van der Waals surface area contributed by atoms with Crippen LogP contribution in [0.2, 0.25) is 10.0 Å². The molecule has 3 aromatic rings. The predicted octanol–water partition coefficient (Wildman–Crippen LogP) is 5.59. The SMILES string of the molecule is Cc1cccc(C)c1NS(=O)(=O)c1ccc(NC(=O)Cc2ccc(Cl)c(Cl)c2)cc1. The van der Waals surface area contributed by atoms with Crippen LogP contribution >= 0.6 is 23.2 Å². The topological polar surface area (TPSA) is 75.3 Å². The van der Waals surface area contributed by atoms with Crippen LogP contribution in [0.5, 0.6) is 0 Å².